The lowest BCUT2D eigenvalue weighted by atomic mass is 9.96. The van der Waals surface area contributed by atoms with Crippen molar-refractivity contribution < 1.29 is 18.7 Å². The lowest BCUT2D eigenvalue weighted by Gasteiger charge is -2.46. The molecule has 0 aliphatic carbocycles. The molecule has 0 aromatic carbocycles. The van der Waals surface area contributed by atoms with E-state index in [-0.39, 0.29) is 11.9 Å². The van der Waals surface area contributed by atoms with Crippen LogP contribution in [0.2, 0.25) is 0 Å². The van der Waals surface area contributed by atoms with Gasteiger partial charge in [-0.25, -0.2) is 4.79 Å². The van der Waals surface area contributed by atoms with Gasteiger partial charge in [-0.2, -0.15) is 0 Å². The molecule has 2 atom stereocenters. The standard InChI is InChI=1S/C12H13NO4S/c1-2-16-11(15)8-7-18-12(6-10(14)13(8)12)9-4-3-5-17-9/h3-5,8H,2,6-7H2,1H3/t8-,12+/m1/s1. The normalized spacial score (nSPS) is 29.9. The smallest absolute Gasteiger partial charge is 0.329 e. The first-order chi connectivity index (χ1) is 8.69. The van der Waals surface area contributed by atoms with Gasteiger partial charge in [-0.3, -0.25) is 4.79 Å². The number of ether oxygens (including phenoxy) is 1. The molecular formula is C12H13NO4S. The molecule has 18 heavy (non-hydrogen) atoms. The molecular weight excluding hydrogens is 254 g/mol. The van der Waals surface area contributed by atoms with Gasteiger partial charge in [0.1, 0.15) is 11.8 Å². The van der Waals surface area contributed by atoms with Crippen LogP contribution in [0.4, 0.5) is 0 Å². The SMILES string of the molecule is CCOC(=O)[C@H]1CS[C@]2(c3ccco3)CC(=O)N12. The molecule has 1 aromatic rings. The zero-order valence-corrected chi connectivity index (χ0v) is 10.7. The maximum absolute atomic E-state index is 11.8. The van der Waals surface area contributed by atoms with E-state index in [2.05, 4.69) is 0 Å². The lowest BCUT2D eigenvalue weighted by Crippen LogP contribution is -2.60. The van der Waals surface area contributed by atoms with Gasteiger partial charge < -0.3 is 14.1 Å². The number of nitrogens with zero attached hydrogens (tertiary/aromatic N) is 1. The highest BCUT2D eigenvalue weighted by Crippen LogP contribution is 2.56. The number of β-lactam (4-membered cyclic amide) rings is 1. The monoisotopic (exact) mass is 267 g/mol. The number of furan rings is 1. The molecule has 3 heterocycles. The van der Waals surface area contributed by atoms with Gasteiger partial charge in [0.25, 0.3) is 0 Å². The largest absolute Gasteiger partial charge is 0.466 e. The van der Waals surface area contributed by atoms with Crippen LogP contribution in [0, 0.1) is 0 Å². The topological polar surface area (TPSA) is 59.8 Å². The molecule has 0 saturated carbocycles. The van der Waals surface area contributed by atoms with Crippen molar-refractivity contribution in [1.82, 2.24) is 4.90 Å². The summed E-state index contributed by atoms with van der Waals surface area (Å²) in [4.78, 5) is 24.7. The van der Waals surface area contributed by atoms with Crippen LogP contribution < -0.4 is 0 Å². The van der Waals surface area contributed by atoms with E-state index in [9.17, 15) is 9.59 Å². The summed E-state index contributed by atoms with van der Waals surface area (Å²) in [5.41, 5.74) is 0. The van der Waals surface area contributed by atoms with Crippen molar-refractivity contribution in [3.05, 3.63) is 24.2 Å². The Kier molecular flexibility index (Phi) is 2.62. The number of hydrogen-bond donors (Lipinski definition) is 0. The molecule has 2 fully saturated rings. The fourth-order valence-corrected chi connectivity index (χ4v) is 4.08. The van der Waals surface area contributed by atoms with Gasteiger partial charge in [-0.05, 0) is 19.1 Å². The van der Waals surface area contributed by atoms with Crippen LogP contribution in [0.5, 0.6) is 0 Å². The van der Waals surface area contributed by atoms with Gasteiger partial charge in [0.05, 0.1) is 19.3 Å². The molecule has 0 spiro atoms. The fourth-order valence-electron chi connectivity index (χ4n) is 2.51. The van der Waals surface area contributed by atoms with Gasteiger partial charge in [-0.15, -0.1) is 11.8 Å². The van der Waals surface area contributed by atoms with E-state index in [1.165, 1.54) is 0 Å². The summed E-state index contributed by atoms with van der Waals surface area (Å²) in [7, 11) is 0. The molecule has 2 aliphatic heterocycles. The highest BCUT2D eigenvalue weighted by atomic mass is 32.2. The highest BCUT2D eigenvalue weighted by molar-refractivity contribution is 8.00. The van der Waals surface area contributed by atoms with Crippen molar-refractivity contribution in [3.63, 3.8) is 0 Å². The molecule has 0 N–H and O–H groups in total. The van der Waals surface area contributed by atoms with Crippen LogP contribution in [0.3, 0.4) is 0 Å². The number of rotatable bonds is 3. The molecule has 2 aliphatic rings. The number of amides is 1. The minimum atomic E-state index is -0.488. The predicted molar refractivity (Wildman–Crippen MR) is 64.7 cm³/mol. The lowest BCUT2D eigenvalue weighted by molar-refractivity contribution is -0.165. The van der Waals surface area contributed by atoms with Crippen LogP contribution in [0.15, 0.2) is 22.8 Å². The van der Waals surface area contributed by atoms with E-state index < -0.39 is 10.9 Å². The van der Waals surface area contributed by atoms with E-state index in [1.807, 2.05) is 6.07 Å². The number of esters is 1. The summed E-state index contributed by atoms with van der Waals surface area (Å²) in [6, 6.07) is 3.16. The van der Waals surface area contributed by atoms with Gasteiger partial charge in [0.15, 0.2) is 4.87 Å². The zero-order chi connectivity index (χ0) is 12.8. The first-order valence-electron chi connectivity index (χ1n) is 5.86. The van der Waals surface area contributed by atoms with Crippen LogP contribution in [-0.2, 0) is 19.2 Å². The molecule has 0 unspecified atom stereocenters. The van der Waals surface area contributed by atoms with Crippen LogP contribution in [-0.4, -0.2) is 35.2 Å². The third kappa shape index (κ3) is 1.41. The average molecular weight is 267 g/mol. The van der Waals surface area contributed by atoms with E-state index >= 15 is 0 Å². The Morgan fingerprint density at radius 1 is 1.72 bits per heavy atom. The quantitative estimate of drug-likeness (QED) is 0.611. The highest BCUT2D eigenvalue weighted by Gasteiger charge is 2.63. The molecule has 1 amide bonds. The first kappa shape index (κ1) is 11.6. The van der Waals surface area contributed by atoms with Crippen LogP contribution >= 0.6 is 11.8 Å². The number of thioether (sulfide) groups is 1. The summed E-state index contributed by atoms with van der Waals surface area (Å²) in [6.45, 7) is 2.09. The molecule has 2 saturated heterocycles. The van der Waals surface area contributed by atoms with Gasteiger partial charge in [-0.1, -0.05) is 0 Å². The van der Waals surface area contributed by atoms with Crippen molar-refractivity contribution in [3.8, 4) is 0 Å². The predicted octanol–water partition coefficient (Wildman–Crippen LogP) is 1.34. The van der Waals surface area contributed by atoms with Gasteiger partial charge in [0, 0.05) is 5.75 Å². The molecule has 1 aromatic heterocycles. The van der Waals surface area contributed by atoms with Crippen molar-refractivity contribution in [2.75, 3.05) is 12.4 Å². The average Bonchev–Trinajstić information content (AvgIpc) is 2.93. The molecule has 0 radical (unpaired) electrons. The van der Waals surface area contributed by atoms with Gasteiger partial charge >= 0.3 is 5.97 Å². The fraction of sp³-hybridized carbons (Fsp3) is 0.500. The Balaban J connectivity index is 1.88. The van der Waals surface area contributed by atoms with Crippen molar-refractivity contribution in [2.45, 2.75) is 24.3 Å². The molecule has 96 valence electrons. The molecule has 3 rings (SSSR count). The number of carbonyl (C=O) groups is 2. The number of carbonyl (C=O) groups excluding carboxylic acids is 2. The summed E-state index contributed by atoms with van der Waals surface area (Å²) in [6.07, 6.45) is 1.98. The second-order valence-electron chi connectivity index (χ2n) is 4.28. The first-order valence-corrected chi connectivity index (χ1v) is 6.84. The summed E-state index contributed by atoms with van der Waals surface area (Å²) in [5, 5.41) is 0. The Hall–Kier alpha value is -1.43. The maximum atomic E-state index is 11.8. The molecule has 0 bridgehead atoms. The van der Waals surface area contributed by atoms with E-state index in [0.29, 0.717) is 18.8 Å². The van der Waals surface area contributed by atoms with Crippen molar-refractivity contribution in [1.29, 1.82) is 0 Å². The Labute approximate surface area is 108 Å². The van der Waals surface area contributed by atoms with Gasteiger partial charge in [0.2, 0.25) is 5.91 Å². The van der Waals surface area contributed by atoms with Crippen molar-refractivity contribution >= 4 is 23.6 Å². The second kappa shape index (κ2) is 4.05. The Morgan fingerprint density at radius 2 is 2.56 bits per heavy atom. The number of fused-ring (bicyclic) bond motifs is 1. The summed E-state index contributed by atoms with van der Waals surface area (Å²) in [5.74, 6) is 0.950. The number of hydrogen-bond acceptors (Lipinski definition) is 5. The van der Waals surface area contributed by atoms with Crippen LogP contribution in [0.1, 0.15) is 19.1 Å². The minimum Gasteiger partial charge on any atom is -0.466 e. The third-order valence-corrected chi connectivity index (χ3v) is 4.81. The Bertz CT molecular complexity index is 486. The van der Waals surface area contributed by atoms with Crippen molar-refractivity contribution in [2.24, 2.45) is 0 Å². The second-order valence-corrected chi connectivity index (χ2v) is 5.58. The van der Waals surface area contributed by atoms with E-state index in [1.54, 1.807) is 35.9 Å². The Morgan fingerprint density at radius 3 is 3.17 bits per heavy atom. The zero-order valence-electron chi connectivity index (χ0n) is 9.92. The third-order valence-electron chi connectivity index (χ3n) is 3.31. The van der Waals surface area contributed by atoms with E-state index in [0.717, 1.165) is 5.76 Å². The maximum Gasteiger partial charge on any atom is 0.329 e. The molecule has 6 heteroatoms. The summed E-state index contributed by atoms with van der Waals surface area (Å²) >= 11 is 1.57. The van der Waals surface area contributed by atoms with Crippen LogP contribution in [0.25, 0.3) is 0 Å². The summed E-state index contributed by atoms with van der Waals surface area (Å²) < 4.78 is 10.4. The molecule has 5 nitrogen and oxygen atoms in total. The van der Waals surface area contributed by atoms with E-state index in [4.69, 9.17) is 9.15 Å². The minimum absolute atomic E-state index is 0.0190.